The second kappa shape index (κ2) is 6.23. The van der Waals surface area contributed by atoms with Crippen LogP contribution in [-0.4, -0.2) is 30.6 Å². The van der Waals surface area contributed by atoms with Crippen LogP contribution >= 0.6 is 0 Å². The molecule has 2 rings (SSSR count). The van der Waals surface area contributed by atoms with Gasteiger partial charge in [0.15, 0.2) is 0 Å². The van der Waals surface area contributed by atoms with Gasteiger partial charge in [0, 0.05) is 19.0 Å². The molecule has 0 radical (unpaired) electrons. The molecule has 1 fully saturated rings. The molecule has 1 aliphatic rings. The first-order valence-corrected chi connectivity index (χ1v) is 6.51. The van der Waals surface area contributed by atoms with Crippen LogP contribution < -0.4 is 9.64 Å². The maximum Gasteiger partial charge on any atom is 0.328 e. The highest BCUT2D eigenvalue weighted by Gasteiger charge is 2.22. The van der Waals surface area contributed by atoms with Gasteiger partial charge in [0.1, 0.15) is 5.75 Å². The number of methoxy groups -OCH3 is 1. The molecule has 5 heteroatoms. The Bertz CT molecular complexity index is 551. The summed E-state index contributed by atoms with van der Waals surface area (Å²) in [5.41, 5.74) is 1.42. The maximum atomic E-state index is 12.0. The van der Waals surface area contributed by atoms with Crippen molar-refractivity contribution in [1.82, 2.24) is 0 Å². The smallest absolute Gasteiger partial charge is 0.328 e. The topological polar surface area (TPSA) is 66.8 Å². The molecule has 1 aromatic rings. The lowest BCUT2D eigenvalue weighted by atomic mass is 10.1. The maximum absolute atomic E-state index is 12.0. The van der Waals surface area contributed by atoms with Crippen LogP contribution in [0.5, 0.6) is 5.75 Å². The van der Waals surface area contributed by atoms with E-state index >= 15 is 0 Å². The van der Waals surface area contributed by atoms with E-state index in [2.05, 4.69) is 0 Å². The number of carbonyl (C=O) groups is 2. The standard InChI is InChI=1S/C15H17NO4/c1-20-13-7-5-11(6-8-15(18)19)10-12(13)16-9-3-2-4-14(16)17/h5-8,10H,2-4,9H2,1H3,(H,18,19). The fourth-order valence-corrected chi connectivity index (χ4v) is 2.25. The van der Waals surface area contributed by atoms with E-state index in [0.29, 0.717) is 24.4 Å². The number of rotatable bonds is 4. The quantitative estimate of drug-likeness (QED) is 0.856. The minimum atomic E-state index is -1.00. The highest BCUT2D eigenvalue weighted by molar-refractivity contribution is 5.96. The van der Waals surface area contributed by atoms with Crippen molar-refractivity contribution < 1.29 is 19.4 Å². The summed E-state index contributed by atoms with van der Waals surface area (Å²) in [4.78, 5) is 24.3. The van der Waals surface area contributed by atoms with Crippen LogP contribution in [0.15, 0.2) is 24.3 Å². The number of carbonyl (C=O) groups excluding carboxylic acids is 1. The molecule has 1 saturated heterocycles. The third kappa shape index (κ3) is 3.17. The largest absolute Gasteiger partial charge is 0.495 e. The molecular weight excluding hydrogens is 258 g/mol. The van der Waals surface area contributed by atoms with Crippen molar-refractivity contribution in [3.8, 4) is 5.75 Å². The van der Waals surface area contributed by atoms with Gasteiger partial charge in [-0.15, -0.1) is 0 Å². The van der Waals surface area contributed by atoms with Gasteiger partial charge in [-0.05, 0) is 36.6 Å². The summed E-state index contributed by atoms with van der Waals surface area (Å²) in [6.45, 7) is 0.668. The number of ether oxygens (including phenoxy) is 1. The van der Waals surface area contributed by atoms with E-state index in [4.69, 9.17) is 9.84 Å². The summed E-state index contributed by atoms with van der Waals surface area (Å²) in [5.74, 6) is -0.307. The second-order valence-electron chi connectivity index (χ2n) is 4.61. The van der Waals surface area contributed by atoms with E-state index in [0.717, 1.165) is 24.5 Å². The van der Waals surface area contributed by atoms with Crippen LogP contribution in [0.3, 0.4) is 0 Å². The van der Waals surface area contributed by atoms with Crippen LogP contribution in [0.25, 0.3) is 6.08 Å². The predicted molar refractivity (Wildman–Crippen MR) is 75.9 cm³/mol. The molecule has 0 saturated carbocycles. The van der Waals surface area contributed by atoms with Gasteiger partial charge in [-0.2, -0.15) is 0 Å². The van der Waals surface area contributed by atoms with Crippen molar-refractivity contribution in [2.45, 2.75) is 19.3 Å². The zero-order valence-corrected chi connectivity index (χ0v) is 11.3. The van der Waals surface area contributed by atoms with E-state index in [1.54, 1.807) is 30.2 Å². The number of piperidine rings is 1. The Morgan fingerprint density at radius 2 is 2.20 bits per heavy atom. The molecule has 20 heavy (non-hydrogen) atoms. The molecule has 1 aromatic carbocycles. The minimum Gasteiger partial charge on any atom is -0.495 e. The Balaban J connectivity index is 2.35. The van der Waals surface area contributed by atoms with Crippen LogP contribution in [-0.2, 0) is 9.59 Å². The monoisotopic (exact) mass is 275 g/mol. The molecule has 1 amide bonds. The van der Waals surface area contributed by atoms with Gasteiger partial charge in [0.05, 0.1) is 12.8 Å². The summed E-state index contributed by atoms with van der Waals surface area (Å²) in [6.07, 6.45) is 4.99. The number of hydrogen-bond acceptors (Lipinski definition) is 3. The molecule has 106 valence electrons. The van der Waals surface area contributed by atoms with E-state index in [9.17, 15) is 9.59 Å². The summed E-state index contributed by atoms with van der Waals surface area (Å²) in [6, 6.07) is 5.29. The number of nitrogens with zero attached hydrogens (tertiary/aromatic N) is 1. The lowest BCUT2D eigenvalue weighted by Gasteiger charge is -2.28. The third-order valence-corrected chi connectivity index (χ3v) is 3.24. The van der Waals surface area contributed by atoms with Crippen LogP contribution in [0.2, 0.25) is 0 Å². The lowest BCUT2D eigenvalue weighted by Crippen LogP contribution is -2.35. The van der Waals surface area contributed by atoms with E-state index in [-0.39, 0.29) is 5.91 Å². The molecule has 1 aliphatic heterocycles. The van der Waals surface area contributed by atoms with Gasteiger partial charge in [-0.1, -0.05) is 6.07 Å². The molecule has 0 aliphatic carbocycles. The molecule has 0 bridgehead atoms. The van der Waals surface area contributed by atoms with Crippen molar-refractivity contribution in [2.24, 2.45) is 0 Å². The first-order valence-electron chi connectivity index (χ1n) is 6.51. The van der Waals surface area contributed by atoms with Crippen molar-refractivity contribution in [3.63, 3.8) is 0 Å². The normalized spacial score (nSPS) is 15.7. The second-order valence-corrected chi connectivity index (χ2v) is 4.61. The Kier molecular flexibility index (Phi) is 4.40. The Labute approximate surface area is 117 Å². The molecule has 0 spiro atoms. The zero-order valence-electron chi connectivity index (χ0n) is 11.3. The summed E-state index contributed by atoms with van der Waals surface area (Å²) in [7, 11) is 1.56. The number of amides is 1. The number of aliphatic carboxylic acids is 1. The fraction of sp³-hybridized carbons (Fsp3) is 0.333. The number of benzene rings is 1. The van der Waals surface area contributed by atoms with Crippen molar-refractivity contribution in [1.29, 1.82) is 0 Å². The third-order valence-electron chi connectivity index (χ3n) is 3.24. The average Bonchev–Trinajstić information content (AvgIpc) is 2.45. The Hall–Kier alpha value is -2.30. The molecule has 0 atom stereocenters. The summed E-state index contributed by atoms with van der Waals surface area (Å²) in [5, 5.41) is 8.66. The van der Waals surface area contributed by atoms with Gasteiger partial charge in [-0.3, -0.25) is 4.79 Å². The van der Waals surface area contributed by atoms with Crippen LogP contribution in [0.1, 0.15) is 24.8 Å². The first kappa shape index (κ1) is 14.1. The first-order chi connectivity index (χ1) is 9.61. The average molecular weight is 275 g/mol. The predicted octanol–water partition coefficient (Wildman–Crippen LogP) is 2.31. The van der Waals surface area contributed by atoms with Gasteiger partial charge < -0.3 is 14.7 Å². The number of anilines is 1. The lowest BCUT2D eigenvalue weighted by molar-refractivity contribution is -0.131. The number of hydrogen-bond donors (Lipinski definition) is 1. The Morgan fingerprint density at radius 3 is 2.85 bits per heavy atom. The van der Waals surface area contributed by atoms with Crippen molar-refractivity contribution in [3.05, 3.63) is 29.8 Å². The van der Waals surface area contributed by atoms with E-state index < -0.39 is 5.97 Å². The molecular formula is C15H17NO4. The highest BCUT2D eigenvalue weighted by Crippen LogP contribution is 2.32. The van der Waals surface area contributed by atoms with Crippen molar-refractivity contribution in [2.75, 3.05) is 18.6 Å². The van der Waals surface area contributed by atoms with Crippen LogP contribution in [0, 0.1) is 0 Å². The summed E-state index contributed by atoms with van der Waals surface area (Å²) >= 11 is 0. The minimum absolute atomic E-state index is 0.0777. The molecule has 0 aromatic heterocycles. The molecule has 1 heterocycles. The molecule has 5 nitrogen and oxygen atoms in total. The zero-order chi connectivity index (χ0) is 14.5. The highest BCUT2D eigenvalue weighted by atomic mass is 16.5. The van der Waals surface area contributed by atoms with E-state index in [1.165, 1.54) is 6.08 Å². The summed E-state index contributed by atoms with van der Waals surface area (Å²) < 4.78 is 5.29. The Morgan fingerprint density at radius 1 is 1.40 bits per heavy atom. The molecule has 0 unspecified atom stereocenters. The van der Waals surface area contributed by atoms with E-state index in [1.807, 2.05) is 0 Å². The fourth-order valence-electron chi connectivity index (χ4n) is 2.25. The van der Waals surface area contributed by atoms with Crippen molar-refractivity contribution >= 4 is 23.6 Å². The van der Waals surface area contributed by atoms with Gasteiger partial charge in [0.2, 0.25) is 5.91 Å². The number of carboxylic acids is 1. The SMILES string of the molecule is COc1ccc(C=CC(=O)O)cc1N1CCCCC1=O. The van der Waals surface area contributed by atoms with Gasteiger partial charge in [0.25, 0.3) is 0 Å². The van der Waals surface area contributed by atoms with Gasteiger partial charge in [-0.25, -0.2) is 4.79 Å². The number of carboxylic acid groups (broad SMARTS) is 1. The molecule has 1 N–H and O–H groups in total. The van der Waals surface area contributed by atoms with Gasteiger partial charge >= 0.3 is 5.97 Å². The van der Waals surface area contributed by atoms with Crippen LogP contribution in [0.4, 0.5) is 5.69 Å².